The van der Waals surface area contributed by atoms with E-state index in [-0.39, 0.29) is 23.7 Å². The number of pyridine rings is 3. The van der Waals surface area contributed by atoms with Crippen LogP contribution in [0.25, 0.3) is 0 Å². The molecule has 14 heteroatoms. The Morgan fingerprint density at radius 1 is 1.07 bits per heavy atom. The number of ether oxygens (including phenoxy) is 2. The molecule has 11 nitrogen and oxygen atoms in total. The summed E-state index contributed by atoms with van der Waals surface area (Å²) < 4.78 is 26.6. The fourth-order valence-corrected chi connectivity index (χ4v) is 6.74. The number of nitrogens with one attached hydrogen (secondary N) is 2. The summed E-state index contributed by atoms with van der Waals surface area (Å²) in [6, 6.07) is 9.15. The number of hydrogen-bond donors (Lipinski definition) is 2. The lowest BCUT2D eigenvalue weighted by Crippen LogP contribution is -2.50. The van der Waals surface area contributed by atoms with E-state index >= 15 is 4.39 Å². The highest BCUT2D eigenvalue weighted by molar-refractivity contribution is 8.01. The van der Waals surface area contributed by atoms with Crippen molar-refractivity contribution in [3.63, 3.8) is 0 Å². The Hall–Kier alpha value is -4.14. The van der Waals surface area contributed by atoms with Gasteiger partial charge in [0.25, 0.3) is 5.91 Å². The number of carbonyl (C=O) groups is 2. The second kappa shape index (κ2) is 14.6. The van der Waals surface area contributed by atoms with Gasteiger partial charge >= 0.3 is 6.09 Å². The van der Waals surface area contributed by atoms with Gasteiger partial charge in [0.2, 0.25) is 0 Å². The Balaban J connectivity index is 1.24. The van der Waals surface area contributed by atoms with Crippen LogP contribution in [0, 0.1) is 12.7 Å². The number of aromatic nitrogens is 4. The lowest BCUT2D eigenvalue weighted by molar-refractivity contribution is 0.0588. The van der Waals surface area contributed by atoms with E-state index in [1.165, 1.54) is 35.4 Å². The van der Waals surface area contributed by atoms with Gasteiger partial charge in [0, 0.05) is 56.9 Å². The van der Waals surface area contributed by atoms with Crippen LogP contribution >= 0.6 is 23.1 Å². The van der Waals surface area contributed by atoms with Crippen LogP contribution in [-0.4, -0.2) is 76.8 Å². The average molecular weight is 638 g/mol. The largest absolute Gasteiger partial charge is 0.447 e. The predicted octanol–water partition coefficient (Wildman–Crippen LogP) is 5.22. The van der Waals surface area contributed by atoms with Crippen LogP contribution in [0.4, 0.5) is 20.1 Å². The average Bonchev–Trinajstić information content (AvgIpc) is 3.48. The van der Waals surface area contributed by atoms with Gasteiger partial charge in [-0.2, -0.15) is 0 Å². The molecular weight excluding hydrogens is 606 g/mol. The van der Waals surface area contributed by atoms with Crippen molar-refractivity contribution in [2.24, 2.45) is 0 Å². The minimum Gasteiger partial charge on any atom is -0.447 e. The molecule has 5 heterocycles. The van der Waals surface area contributed by atoms with E-state index in [1.54, 1.807) is 36.8 Å². The van der Waals surface area contributed by atoms with E-state index in [0.29, 0.717) is 43.5 Å². The summed E-state index contributed by atoms with van der Waals surface area (Å²) in [5, 5.41) is 6.69. The van der Waals surface area contributed by atoms with Gasteiger partial charge in [0.05, 0.1) is 21.9 Å². The van der Waals surface area contributed by atoms with Crippen LogP contribution in [0.3, 0.4) is 0 Å². The monoisotopic (exact) mass is 637 g/mol. The number of likely N-dealkylation sites (tertiary alicyclic amines) is 1. The van der Waals surface area contributed by atoms with E-state index in [0.717, 1.165) is 15.3 Å². The fourth-order valence-electron chi connectivity index (χ4n) is 4.88. The fraction of sp³-hybridized carbons (Fsp3) is 0.333. The Bertz CT molecular complexity index is 1580. The number of rotatable bonds is 11. The molecule has 2 amide bonds. The Morgan fingerprint density at radius 2 is 1.84 bits per heavy atom. The van der Waals surface area contributed by atoms with Crippen molar-refractivity contribution >= 4 is 46.0 Å². The van der Waals surface area contributed by atoms with Crippen LogP contribution in [0.5, 0.6) is 0 Å². The summed E-state index contributed by atoms with van der Waals surface area (Å²) in [5.41, 5.74) is 1.27. The van der Waals surface area contributed by atoms with Gasteiger partial charge in [0.15, 0.2) is 16.6 Å². The van der Waals surface area contributed by atoms with Crippen LogP contribution in [0.15, 0.2) is 70.4 Å². The number of halogens is 1. The molecule has 0 spiro atoms. The zero-order valence-electron chi connectivity index (χ0n) is 24.3. The second-order valence-corrected chi connectivity index (χ2v) is 12.6. The van der Waals surface area contributed by atoms with Gasteiger partial charge in [-0.25, -0.2) is 24.1 Å². The number of carbonyl (C=O) groups excluding carboxylic acids is 2. The van der Waals surface area contributed by atoms with E-state index in [2.05, 4.69) is 30.6 Å². The molecule has 230 valence electrons. The van der Waals surface area contributed by atoms with Crippen molar-refractivity contribution in [2.75, 3.05) is 45.3 Å². The third-order valence-electron chi connectivity index (χ3n) is 7.29. The van der Waals surface area contributed by atoms with Crippen LogP contribution in [0.1, 0.15) is 34.5 Å². The molecule has 2 N–H and O–H groups in total. The lowest BCUT2D eigenvalue weighted by Gasteiger charge is -2.42. The molecule has 4 aromatic rings. The number of nitrogens with zero attached hydrogens (tertiary/aromatic N) is 5. The first-order valence-electron chi connectivity index (χ1n) is 13.9. The molecule has 4 aromatic heterocycles. The Kier molecular flexibility index (Phi) is 10.4. The molecule has 1 aliphatic heterocycles. The van der Waals surface area contributed by atoms with Crippen LogP contribution in [0.2, 0.25) is 0 Å². The van der Waals surface area contributed by atoms with Crippen molar-refractivity contribution < 1.29 is 23.5 Å². The normalized spacial score (nSPS) is 14.2. The molecule has 1 fully saturated rings. The smallest absolute Gasteiger partial charge is 0.409 e. The van der Waals surface area contributed by atoms with E-state index in [9.17, 15) is 9.59 Å². The molecule has 0 atom stereocenters. The first-order valence-corrected chi connectivity index (χ1v) is 15.6. The second-order valence-electron chi connectivity index (χ2n) is 10.2. The minimum atomic E-state index is -0.704. The van der Waals surface area contributed by atoms with Gasteiger partial charge in [-0.3, -0.25) is 9.78 Å². The first kappa shape index (κ1) is 31.3. The molecule has 1 saturated heterocycles. The first-order chi connectivity index (χ1) is 21.4. The molecule has 44 heavy (non-hydrogen) atoms. The van der Waals surface area contributed by atoms with Gasteiger partial charge in [-0.15, -0.1) is 0 Å². The summed E-state index contributed by atoms with van der Waals surface area (Å²) in [6.45, 7) is 3.59. The molecule has 1 aliphatic rings. The molecule has 5 rings (SSSR count). The van der Waals surface area contributed by atoms with Crippen molar-refractivity contribution in [3.05, 3.63) is 84.0 Å². The maximum atomic E-state index is 15.6. The summed E-state index contributed by atoms with van der Waals surface area (Å²) in [4.78, 5) is 44.5. The summed E-state index contributed by atoms with van der Waals surface area (Å²) >= 11 is 2.52. The van der Waals surface area contributed by atoms with E-state index in [1.807, 2.05) is 31.2 Å². The number of hydrogen-bond acceptors (Lipinski definition) is 11. The van der Waals surface area contributed by atoms with Crippen molar-refractivity contribution in [1.82, 2.24) is 30.2 Å². The molecule has 0 aromatic carbocycles. The third-order valence-corrected chi connectivity index (χ3v) is 9.34. The standard InChI is InChI=1S/C30H32FN7O4S2/c1-20-3-11-33-23(17-20)37-28-35-18-24(44-28)43-22-6-12-34-26(25(22)31)27(39)36-19-30(21-4-9-32-10-5-21)7-13-38(14-8-30)29(40)42-16-15-41-2/h3-6,9-12,17-18H,7-8,13-16,19H2,1-2H3,(H,36,39)(H,33,35,37). The highest BCUT2D eigenvalue weighted by Crippen LogP contribution is 2.37. The third kappa shape index (κ3) is 7.68. The lowest BCUT2D eigenvalue weighted by atomic mass is 9.73. The van der Waals surface area contributed by atoms with Crippen molar-refractivity contribution in [3.8, 4) is 0 Å². The van der Waals surface area contributed by atoms with Crippen molar-refractivity contribution in [1.29, 1.82) is 0 Å². The van der Waals surface area contributed by atoms with Gasteiger partial charge in [-0.05, 0) is 61.2 Å². The summed E-state index contributed by atoms with van der Waals surface area (Å²) in [7, 11) is 1.54. The number of methoxy groups -OCH3 is 1. The van der Waals surface area contributed by atoms with E-state index < -0.39 is 23.2 Å². The Labute approximate surface area is 262 Å². The maximum absolute atomic E-state index is 15.6. The SMILES string of the molecule is COCCOC(=O)N1CCC(CNC(=O)c2nccc(Sc3cnc(Nc4cc(C)ccn4)s3)c2F)(c2ccncc2)CC1. The Morgan fingerprint density at radius 3 is 2.59 bits per heavy atom. The van der Waals surface area contributed by atoms with Gasteiger partial charge in [-0.1, -0.05) is 23.1 Å². The van der Waals surface area contributed by atoms with Crippen LogP contribution in [-0.2, 0) is 14.9 Å². The van der Waals surface area contributed by atoms with Gasteiger partial charge in [0.1, 0.15) is 12.4 Å². The number of anilines is 2. The minimum absolute atomic E-state index is 0.180. The summed E-state index contributed by atoms with van der Waals surface area (Å²) in [5.74, 6) is -0.649. The number of thiazole rings is 1. The topological polar surface area (TPSA) is 131 Å². The maximum Gasteiger partial charge on any atom is 0.409 e. The molecule has 0 radical (unpaired) electrons. The van der Waals surface area contributed by atoms with E-state index in [4.69, 9.17) is 9.47 Å². The van der Waals surface area contributed by atoms with Crippen LogP contribution < -0.4 is 10.6 Å². The molecule has 0 aliphatic carbocycles. The highest BCUT2D eigenvalue weighted by Gasteiger charge is 2.38. The quantitative estimate of drug-likeness (QED) is 0.211. The molecule has 0 saturated carbocycles. The van der Waals surface area contributed by atoms with Gasteiger partial charge < -0.3 is 25.0 Å². The summed E-state index contributed by atoms with van der Waals surface area (Å²) in [6.07, 6.45) is 8.92. The van der Waals surface area contributed by atoms with Crippen molar-refractivity contribution in [2.45, 2.75) is 34.3 Å². The zero-order chi connectivity index (χ0) is 30.9. The zero-order valence-corrected chi connectivity index (χ0v) is 25.9. The predicted molar refractivity (Wildman–Crippen MR) is 165 cm³/mol. The number of piperidine rings is 1. The molecule has 0 unspecified atom stereocenters. The highest BCUT2D eigenvalue weighted by atomic mass is 32.2. The molecule has 0 bridgehead atoms. The number of aryl methyl sites for hydroxylation is 1. The number of amides is 2. The molecular formula is C30H32FN7O4S2.